The summed E-state index contributed by atoms with van der Waals surface area (Å²) in [4.78, 5) is 27.2. The number of rotatable bonds is 5. The number of ether oxygens (including phenoxy) is 4. The predicted octanol–water partition coefficient (Wildman–Crippen LogP) is 3.38. The minimum absolute atomic E-state index is 0.0446. The van der Waals surface area contributed by atoms with Gasteiger partial charge in [0.1, 0.15) is 5.60 Å². The molecule has 1 fully saturated rings. The Morgan fingerprint density at radius 1 is 1.12 bits per heavy atom. The van der Waals surface area contributed by atoms with Crippen molar-refractivity contribution in [1.82, 2.24) is 4.90 Å². The SMILES string of the molecule is CC1(C)Cc2cccc(OCC(=O)N3CCC(C(=O)Nc4ccc5c(c4)OCO5)CC3)c2O1. The second-order valence-electron chi connectivity index (χ2n) is 9.28. The van der Waals surface area contributed by atoms with Crippen LogP contribution in [-0.2, 0) is 16.0 Å². The van der Waals surface area contributed by atoms with Gasteiger partial charge in [-0.2, -0.15) is 0 Å². The van der Waals surface area contributed by atoms with Gasteiger partial charge in [-0.3, -0.25) is 9.59 Å². The van der Waals surface area contributed by atoms with Crippen molar-refractivity contribution in [3.05, 3.63) is 42.0 Å². The Kier molecular flexibility index (Phi) is 5.52. The van der Waals surface area contributed by atoms with E-state index < -0.39 is 0 Å². The van der Waals surface area contributed by atoms with Crippen LogP contribution in [0.1, 0.15) is 32.3 Å². The van der Waals surface area contributed by atoms with E-state index in [1.54, 1.807) is 23.1 Å². The quantitative estimate of drug-likeness (QED) is 0.749. The van der Waals surface area contributed by atoms with Crippen LogP contribution in [-0.4, -0.2) is 48.8 Å². The number of fused-ring (bicyclic) bond motifs is 2. The number of hydrogen-bond donors (Lipinski definition) is 1. The van der Waals surface area contributed by atoms with Crippen molar-refractivity contribution in [2.75, 3.05) is 31.8 Å². The lowest BCUT2D eigenvalue weighted by Crippen LogP contribution is -2.43. The highest BCUT2D eigenvalue weighted by Crippen LogP contribution is 2.41. The van der Waals surface area contributed by atoms with Gasteiger partial charge in [-0.05, 0) is 44.9 Å². The van der Waals surface area contributed by atoms with Crippen LogP contribution in [0.15, 0.2) is 36.4 Å². The zero-order valence-corrected chi connectivity index (χ0v) is 18.9. The zero-order chi connectivity index (χ0) is 23.0. The monoisotopic (exact) mass is 452 g/mol. The van der Waals surface area contributed by atoms with E-state index in [-0.39, 0.29) is 36.7 Å². The normalized spacial score (nSPS) is 18.4. The summed E-state index contributed by atoms with van der Waals surface area (Å²) < 4.78 is 22.5. The lowest BCUT2D eigenvalue weighted by molar-refractivity contribution is -0.136. The molecule has 0 radical (unpaired) electrons. The smallest absolute Gasteiger partial charge is 0.260 e. The van der Waals surface area contributed by atoms with Gasteiger partial charge in [0.25, 0.3) is 5.91 Å². The number of hydrogen-bond acceptors (Lipinski definition) is 6. The third-order valence-corrected chi connectivity index (χ3v) is 6.26. The van der Waals surface area contributed by atoms with Crippen LogP contribution < -0.4 is 24.3 Å². The lowest BCUT2D eigenvalue weighted by Gasteiger charge is -2.31. The van der Waals surface area contributed by atoms with Crippen LogP contribution in [0.25, 0.3) is 0 Å². The van der Waals surface area contributed by atoms with Crippen LogP contribution in [0.2, 0.25) is 0 Å². The molecule has 1 saturated heterocycles. The summed E-state index contributed by atoms with van der Waals surface area (Å²) in [5.41, 5.74) is 1.51. The van der Waals surface area contributed by atoms with Crippen LogP contribution in [0.4, 0.5) is 5.69 Å². The number of nitrogens with zero attached hydrogens (tertiary/aromatic N) is 1. The number of para-hydroxylation sites is 1. The highest BCUT2D eigenvalue weighted by molar-refractivity contribution is 5.93. The second kappa shape index (κ2) is 8.50. The zero-order valence-electron chi connectivity index (χ0n) is 18.9. The number of likely N-dealkylation sites (tertiary alicyclic amines) is 1. The summed E-state index contributed by atoms with van der Waals surface area (Å²) in [7, 11) is 0. The van der Waals surface area contributed by atoms with Crippen LogP contribution in [0, 0.1) is 5.92 Å². The van der Waals surface area contributed by atoms with Crippen LogP contribution in [0.3, 0.4) is 0 Å². The van der Waals surface area contributed by atoms with Crippen LogP contribution >= 0.6 is 0 Å². The highest BCUT2D eigenvalue weighted by atomic mass is 16.7. The Balaban J connectivity index is 1.11. The summed E-state index contributed by atoms with van der Waals surface area (Å²) >= 11 is 0. The van der Waals surface area contributed by atoms with Crippen molar-refractivity contribution in [3.8, 4) is 23.0 Å². The fourth-order valence-electron chi connectivity index (χ4n) is 4.54. The van der Waals surface area contributed by atoms with Crippen molar-refractivity contribution in [1.29, 1.82) is 0 Å². The minimum Gasteiger partial charge on any atom is -0.483 e. The standard InChI is InChI=1S/C25H28N2O6/c1-25(2)13-17-4-3-5-20(23(17)33-25)30-14-22(28)27-10-8-16(9-11-27)24(29)26-18-6-7-19-21(12-18)32-15-31-19/h3-7,12,16H,8-11,13-15H2,1-2H3,(H,26,29). The Labute approximate surface area is 192 Å². The topological polar surface area (TPSA) is 86.3 Å². The van der Waals surface area contributed by atoms with Gasteiger partial charge in [0.05, 0.1) is 0 Å². The number of amides is 2. The predicted molar refractivity (Wildman–Crippen MR) is 121 cm³/mol. The summed E-state index contributed by atoms with van der Waals surface area (Å²) in [6, 6.07) is 11.1. The molecule has 8 nitrogen and oxygen atoms in total. The molecule has 1 N–H and O–H groups in total. The molecule has 2 amide bonds. The van der Waals surface area contributed by atoms with Gasteiger partial charge in [0.2, 0.25) is 12.7 Å². The molecular formula is C25H28N2O6. The first-order valence-corrected chi connectivity index (χ1v) is 11.3. The van der Waals surface area contributed by atoms with E-state index in [0.717, 1.165) is 17.7 Å². The molecule has 33 heavy (non-hydrogen) atoms. The molecule has 2 aromatic carbocycles. The van der Waals surface area contributed by atoms with Crippen molar-refractivity contribution in [2.45, 2.75) is 38.7 Å². The minimum atomic E-state index is -0.269. The maximum Gasteiger partial charge on any atom is 0.260 e. The molecular weight excluding hydrogens is 424 g/mol. The van der Waals surface area contributed by atoms with Crippen LogP contribution in [0.5, 0.6) is 23.0 Å². The van der Waals surface area contributed by atoms with Crippen molar-refractivity contribution in [3.63, 3.8) is 0 Å². The first kappa shape index (κ1) is 21.4. The molecule has 3 aliphatic heterocycles. The van der Waals surface area contributed by atoms with Gasteiger partial charge in [0.15, 0.2) is 29.6 Å². The molecule has 5 rings (SSSR count). The van der Waals surface area contributed by atoms with Gasteiger partial charge in [-0.15, -0.1) is 0 Å². The number of anilines is 1. The third kappa shape index (κ3) is 4.55. The molecule has 0 spiro atoms. The van der Waals surface area contributed by atoms with E-state index >= 15 is 0 Å². The molecule has 0 atom stereocenters. The third-order valence-electron chi connectivity index (χ3n) is 6.26. The van der Waals surface area contributed by atoms with Gasteiger partial charge < -0.3 is 29.2 Å². The van der Waals surface area contributed by atoms with Gasteiger partial charge >= 0.3 is 0 Å². The highest BCUT2D eigenvalue weighted by Gasteiger charge is 2.33. The molecule has 3 aliphatic rings. The van der Waals surface area contributed by atoms with Crippen molar-refractivity contribution in [2.24, 2.45) is 5.92 Å². The molecule has 0 saturated carbocycles. The number of carbonyl (C=O) groups is 2. The largest absolute Gasteiger partial charge is 0.483 e. The molecule has 174 valence electrons. The first-order valence-electron chi connectivity index (χ1n) is 11.3. The summed E-state index contributed by atoms with van der Waals surface area (Å²) in [5, 5.41) is 2.95. The average molecular weight is 453 g/mol. The average Bonchev–Trinajstić information content (AvgIpc) is 3.39. The Bertz CT molecular complexity index is 1070. The summed E-state index contributed by atoms with van der Waals surface area (Å²) in [6.07, 6.45) is 2.04. The Hall–Kier alpha value is -3.42. The van der Waals surface area contributed by atoms with E-state index in [0.29, 0.717) is 48.9 Å². The van der Waals surface area contributed by atoms with E-state index in [1.165, 1.54) is 0 Å². The molecule has 8 heteroatoms. The van der Waals surface area contributed by atoms with Crippen molar-refractivity contribution < 1.29 is 28.5 Å². The fraction of sp³-hybridized carbons (Fsp3) is 0.440. The van der Waals surface area contributed by atoms with Crippen molar-refractivity contribution >= 4 is 17.5 Å². The number of carbonyl (C=O) groups excluding carboxylic acids is 2. The van der Waals surface area contributed by atoms with E-state index in [2.05, 4.69) is 5.32 Å². The summed E-state index contributed by atoms with van der Waals surface area (Å²) in [6.45, 7) is 5.27. The second-order valence-corrected chi connectivity index (χ2v) is 9.28. The maximum absolute atomic E-state index is 12.7. The van der Waals surface area contributed by atoms with E-state index in [4.69, 9.17) is 18.9 Å². The molecule has 3 heterocycles. The summed E-state index contributed by atoms with van der Waals surface area (Å²) in [5.74, 6) is 2.37. The fourth-order valence-corrected chi connectivity index (χ4v) is 4.54. The van der Waals surface area contributed by atoms with Gasteiger partial charge in [-0.1, -0.05) is 12.1 Å². The van der Waals surface area contributed by atoms with Gasteiger partial charge in [0, 0.05) is 42.7 Å². The molecule has 2 aromatic rings. The maximum atomic E-state index is 12.7. The lowest BCUT2D eigenvalue weighted by atomic mass is 9.95. The Morgan fingerprint density at radius 3 is 2.73 bits per heavy atom. The molecule has 0 unspecified atom stereocenters. The van der Waals surface area contributed by atoms with E-state index in [1.807, 2.05) is 32.0 Å². The number of nitrogens with one attached hydrogen (secondary N) is 1. The first-order chi connectivity index (χ1) is 15.9. The van der Waals surface area contributed by atoms with Gasteiger partial charge in [-0.25, -0.2) is 0 Å². The molecule has 0 bridgehead atoms. The Morgan fingerprint density at radius 2 is 1.91 bits per heavy atom. The molecule has 0 aliphatic carbocycles. The van der Waals surface area contributed by atoms with E-state index in [9.17, 15) is 9.59 Å². The molecule has 0 aromatic heterocycles. The number of piperidine rings is 1. The number of benzene rings is 2.